The van der Waals surface area contributed by atoms with Gasteiger partial charge in [0, 0.05) is 16.8 Å². The number of nitrogens with zero attached hydrogens (tertiary/aromatic N) is 1. The molecule has 49 heavy (non-hydrogen) atoms. The van der Waals surface area contributed by atoms with Gasteiger partial charge < -0.3 is 9.32 Å². The minimum Gasteiger partial charge on any atom is -0.456 e. The molecule has 0 amide bonds. The van der Waals surface area contributed by atoms with Gasteiger partial charge in [0.1, 0.15) is 11.2 Å². The maximum atomic E-state index is 6.40. The summed E-state index contributed by atoms with van der Waals surface area (Å²) in [5, 5.41) is 4.79. The van der Waals surface area contributed by atoms with Crippen molar-refractivity contribution >= 4 is 49.8 Å². The van der Waals surface area contributed by atoms with Gasteiger partial charge in [0.15, 0.2) is 0 Å². The molecule has 1 aromatic heterocycles. The monoisotopic (exact) mass is 631 g/mol. The minimum atomic E-state index is 0.705. The fourth-order valence-corrected chi connectivity index (χ4v) is 9.15. The Bertz CT molecular complexity index is 2470. The molecular formula is C47H37NO. The first kappa shape index (κ1) is 28.4. The SMILES string of the molecule is c1ccc(-c2cccc3cccc(-c4cccc(N(c5ccc(C6CC7CCC6C7)cc5)c5cccc6oc7ccccc7c56)c4)c23)cc1. The zero-order valence-corrected chi connectivity index (χ0v) is 27.4. The molecule has 1 heterocycles. The van der Waals surface area contributed by atoms with Crippen molar-refractivity contribution < 1.29 is 4.42 Å². The zero-order chi connectivity index (χ0) is 32.3. The summed E-state index contributed by atoms with van der Waals surface area (Å²) in [6.45, 7) is 0. The number of furan rings is 1. The quantitative estimate of drug-likeness (QED) is 0.182. The number of benzene rings is 7. The van der Waals surface area contributed by atoms with E-state index in [2.05, 4.69) is 157 Å². The Morgan fingerprint density at radius 2 is 1.22 bits per heavy atom. The highest BCUT2D eigenvalue weighted by Crippen LogP contribution is 2.53. The Morgan fingerprint density at radius 1 is 0.510 bits per heavy atom. The van der Waals surface area contributed by atoms with Crippen LogP contribution in [-0.2, 0) is 0 Å². The number of fused-ring (bicyclic) bond motifs is 6. The van der Waals surface area contributed by atoms with Crippen LogP contribution in [-0.4, -0.2) is 0 Å². The minimum absolute atomic E-state index is 0.705. The first-order valence-electron chi connectivity index (χ1n) is 17.8. The lowest BCUT2D eigenvalue weighted by Gasteiger charge is -2.28. The summed E-state index contributed by atoms with van der Waals surface area (Å²) in [7, 11) is 0. The van der Waals surface area contributed by atoms with Gasteiger partial charge in [0.25, 0.3) is 0 Å². The van der Waals surface area contributed by atoms with Gasteiger partial charge in [-0.1, -0.05) is 122 Å². The highest BCUT2D eigenvalue weighted by atomic mass is 16.3. The molecule has 2 fully saturated rings. The van der Waals surface area contributed by atoms with Crippen LogP contribution in [0.25, 0.3) is 55.0 Å². The van der Waals surface area contributed by atoms with Gasteiger partial charge in [0.05, 0.1) is 11.1 Å². The van der Waals surface area contributed by atoms with Crippen molar-refractivity contribution in [1.29, 1.82) is 0 Å². The fourth-order valence-electron chi connectivity index (χ4n) is 9.15. The van der Waals surface area contributed by atoms with Crippen LogP contribution < -0.4 is 4.90 Å². The molecular weight excluding hydrogens is 595 g/mol. The van der Waals surface area contributed by atoms with Gasteiger partial charge in [-0.05, 0) is 118 Å². The molecule has 2 nitrogen and oxygen atoms in total. The Balaban J connectivity index is 1.16. The summed E-state index contributed by atoms with van der Waals surface area (Å²) < 4.78 is 6.40. The van der Waals surface area contributed by atoms with Crippen molar-refractivity contribution in [2.75, 3.05) is 4.90 Å². The lowest BCUT2D eigenvalue weighted by atomic mass is 9.83. The zero-order valence-electron chi connectivity index (χ0n) is 27.4. The largest absolute Gasteiger partial charge is 0.456 e. The van der Waals surface area contributed by atoms with Crippen LogP contribution in [0, 0.1) is 11.8 Å². The molecule has 0 N–H and O–H groups in total. The molecule has 236 valence electrons. The van der Waals surface area contributed by atoms with E-state index in [0.717, 1.165) is 50.8 Å². The summed E-state index contributed by atoms with van der Waals surface area (Å²) in [5.41, 5.74) is 11.6. The first-order valence-corrected chi connectivity index (χ1v) is 17.8. The van der Waals surface area contributed by atoms with Crippen molar-refractivity contribution in [2.45, 2.75) is 31.6 Å². The summed E-state index contributed by atoms with van der Waals surface area (Å²) >= 11 is 0. The van der Waals surface area contributed by atoms with Crippen LogP contribution in [0.1, 0.15) is 37.2 Å². The third kappa shape index (κ3) is 4.77. The van der Waals surface area contributed by atoms with Gasteiger partial charge in [-0.2, -0.15) is 0 Å². The van der Waals surface area contributed by atoms with E-state index in [1.807, 2.05) is 6.07 Å². The van der Waals surface area contributed by atoms with Gasteiger partial charge in [-0.3, -0.25) is 0 Å². The summed E-state index contributed by atoms with van der Waals surface area (Å²) in [4.78, 5) is 2.43. The van der Waals surface area contributed by atoms with E-state index in [1.165, 1.54) is 64.3 Å². The Hall–Kier alpha value is -5.60. The molecule has 0 saturated heterocycles. The number of hydrogen-bond acceptors (Lipinski definition) is 2. The van der Waals surface area contributed by atoms with E-state index in [9.17, 15) is 0 Å². The Kier molecular flexibility index (Phi) is 6.68. The molecule has 0 radical (unpaired) electrons. The molecule has 0 aliphatic heterocycles. The third-order valence-corrected chi connectivity index (χ3v) is 11.3. The van der Waals surface area contributed by atoms with Gasteiger partial charge in [-0.25, -0.2) is 0 Å². The average molecular weight is 632 g/mol. The van der Waals surface area contributed by atoms with Gasteiger partial charge in [-0.15, -0.1) is 0 Å². The average Bonchev–Trinajstić information content (AvgIpc) is 3.91. The van der Waals surface area contributed by atoms with E-state index < -0.39 is 0 Å². The van der Waals surface area contributed by atoms with E-state index in [-0.39, 0.29) is 0 Å². The topological polar surface area (TPSA) is 16.4 Å². The molecule has 3 unspecified atom stereocenters. The molecule has 3 atom stereocenters. The first-order chi connectivity index (χ1) is 24.3. The molecule has 2 aliphatic carbocycles. The van der Waals surface area contributed by atoms with E-state index in [1.54, 1.807) is 0 Å². The number of anilines is 3. The molecule has 2 saturated carbocycles. The number of hydrogen-bond donors (Lipinski definition) is 0. The Labute approximate surface area is 287 Å². The third-order valence-electron chi connectivity index (χ3n) is 11.3. The second-order valence-corrected chi connectivity index (χ2v) is 14.1. The highest BCUT2D eigenvalue weighted by Gasteiger charge is 2.40. The van der Waals surface area contributed by atoms with Crippen LogP contribution in [0.15, 0.2) is 162 Å². The van der Waals surface area contributed by atoms with Crippen LogP contribution in [0.3, 0.4) is 0 Å². The summed E-state index contributed by atoms with van der Waals surface area (Å²) in [5.74, 6) is 2.49. The molecule has 0 spiro atoms. The normalized spacial score (nSPS) is 18.5. The van der Waals surface area contributed by atoms with Crippen molar-refractivity contribution in [3.05, 3.63) is 163 Å². The second-order valence-electron chi connectivity index (χ2n) is 14.1. The smallest absolute Gasteiger partial charge is 0.137 e. The maximum Gasteiger partial charge on any atom is 0.137 e. The standard InChI is InChI=1S/C47H37NO/c1-2-10-32(11-3-1)39-17-7-12-34-13-8-18-40(46(34)39)35-14-6-15-38(30-35)48(37-26-24-33(25-27-37)42-29-31-22-23-36(42)28-31)43-19-9-21-45-47(43)41-16-4-5-20-44(41)49-45/h1-21,24-27,30-31,36,42H,22-23,28-29H2. The van der Waals surface area contributed by atoms with Gasteiger partial charge >= 0.3 is 0 Å². The van der Waals surface area contributed by atoms with E-state index in [0.29, 0.717) is 5.92 Å². The van der Waals surface area contributed by atoms with Crippen molar-refractivity contribution in [2.24, 2.45) is 11.8 Å². The number of para-hydroxylation sites is 1. The lowest BCUT2D eigenvalue weighted by Crippen LogP contribution is -2.12. The number of rotatable bonds is 6. The van der Waals surface area contributed by atoms with Gasteiger partial charge in [0.2, 0.25) is 0 Å². The predicted molar refractivity (Wildman–Crippen MR) is 205 cm³/mol. The van der Waals surface area contributed by atoms with E-state index >= 15 is 0 Å². The summed E-state index contributed by atoms with van der Waals surface area (Å²) in [6, 6.07) is 57.5. The fraction of sp³-hybridized carbons (Fsp3) is 0.149. The Morgan fingerprint density at radius 3 is 2.02 bits per heavy atom. The predicted octanol–water partition coefficient (Wildman–Crippen LogP) is 13.4. The second kappa shape index (κ2) is 11.5. The van der Waals surface area contributed by atoms with Crippen LogP contribution in [0.2, 0.25) is 0 Å². The van der Waals surface area contributed by atoms with Crippen molar-refractivity contribution in [3.63, 3.8) is 0 Å². The van der Waals surface area contributed by atoms with Crippen molar-refractivity contribution in [1.82, 2.24) is 0 Å². The van der Waals surface area contributed by atoms with E-state index in [4.69, 9.17) is 4.42 Å². The summed E-state index contributed by atoms with van der Waals surface area (Å²) in [6.07, 6.45) is 5.59. The molecule has 10 rings (SSSR count). The highest BCUT2D eigenvalue weighted by molar-refractivity contribution is 6.13. The molecule has 2 heteroatoms. The molecule has 8 aromatic rings. The molecule has 7 aromatic carbocycles. The molecule has 2 aliphatic rings. The van der Waals surface area contributed by atoms with Crippen LogP contribution in [0.5, 0.6) is 0 Å². The lowest BCUT2D eigenvalue weighted by molar-refractivity contribution is 0.420. The maximum absolute atomic E-state index is 6.40. The van der Waals surface area contributed by atoms with Crippen LogP contribution in [0.4, 0.5) is 17.1 Å². The van der Waals surface area contributed by atoms with Crippen LogP contribution >= 0.6 is 0 Å². The molecule has 2 bridgehead atoms. The van der Waals surface area contributed by atoms with Crippen molar-refractivity contribution in [3.8, 4) is 22.3 Å².